The highest BCUT2D eigenvalue weighted by Gasteiger charge is 2.07. The SMILES string of the molecule is OCCOc1ccc(Br)c(Br)c1Br. The molecule has 13 heavy (non-hydrogen) atoms. The number of aliphatic hydroxyl groups is 1. The fraction of sp³-hybridized carbons (Fsp3) is 0.250. The Bertz CT molecular complexity index is 302. The first-order chi connectivity index (χ1) is 6.16. The van der Waals surface area contributed by atoms with Crippen LogP contribution in [0.5, 0.6) is 5.75 Å². The van der Waals surface area contributed by atoms with Crippen molar-refractivity contribution >= 4 is 47.8 Å². The molecule has 0 radical (unpaired) electrons. The zero-order valence-corrected chi connectivity index (χ0v) is 11.3. The molecule has 0 saturated heterocycles. The fourth-order valence-electron chi connectivity index (χ4n) is 0.775. The average Bonchev–Trinajstić information content (AvgIpc) is 2.13. The van der Waals surface area contributed by atoms with E-state index in [1.807, 2.05) is 12.1 Å². The predicted octanol–water partition coefficient (Wildman–Crippen LogP) is 3.35. The number of rotatable bonds is 3. The molecule has 0 fully saturated rings. The summed E-state index contributed by atoms with van der Waals surface area (Å²) in [6.07, 6.45) is 0. The van der Waals surface area contributed by atoms with Crippen LogP contribution in [0.25, 0.3) is 0 Å². The molecule has 1 aromatic carbocycles. The first-order valence-corrected chi connectivity index (χ1v) is 5.92. The van der Waals surface area contributed by atoms with Crippen molar-refractivity contribution in [2.75, 3.05) is 13.2 Å². The van der Waals surface area contributed by atoms with Crippen LogP contribution >= 0.6 is 47.8 Å². The third-order valence-corrected chi connectivity index (χ3v) is 4.68. The van der Waals surface area contributed by atoms with Gasteiger partial charge in [0.05, 0.1) is 11.1 Å². The second-order valence-corrected chi connectivity index (χ2v) is 4.69. The minimum Gasteiger partial charge on any atom is -0.490 e. The van der Waals surface area contributed by atoms with Gasteiger partial charge in [0.2, 0.25) is 0 Å². The molecular formula is C8H7Br3O2. The van der Waals surface area contributed by atoms with Gasteiger partial charge in [-0.15, -0.1) is 0 Å². The normalized spacial score (nSPS) is 10.2. The lowest BCUT2D eigenvalue weighted by molar-refractivity contribution is 0.200. The second kappa shape index (κ2) is 5.34. The molecule has 72 valence electrons. The van der Waals surface area contributed by atoms with Crippen LogP contribution in [-0.4, -0.2) is 18.3 Å². The van der Waals surface area contributed by atoms with Crippen LogP contribution in [0.1, 0.15) is 0 Å². The molecule has 1 aromatic rings. The monoisotopic (exact) mass is 372 g/mol. The van der Waals surface area contributed by atoms with E-state index < -0.39 is 0 Å². The topological polar surface area (TPSA) is 29.5 Å². The van der Waals surface area contributed by atoms with E-state index in [4.69, 9.17) is 9.84 Å². The van der Waals surface area contributed by atoms with Crippen molar-refractivity contribution in [3.63, 3.8) is 0 Å². The van der Waals surface area contributed by atoms with Crippen molar-refractivity contribution in [2.24, 2.45) is 0 Å². The lowest BCUT2D eigenvalue weighted by Crippen LogP contribution is -2.02. The molecule has 0 aliphatic rings. The summed E-state index contributed by atoms with van der Waals surface area (Å²) in [5.41, 5.74) is 0. The zero-order valence-electron chi connectivity index (χ0n) is 6.56. The molecule has 0 aliphatic carbocycles. The molecule has 0 saturated carbocycles. The molecule has 1 rings (SSSR count). The number of ether oxygens (including phenoxy) is 1. The van der Waals surface area contributed by atoms with Crippen molar-refractivity contribution in [1.82, 2.24) is 0 Å². The summed E-state index contributed by atoms with van der Waals surface area (Å²) >= 11 is 10.1. The molecule has 0 amide bonds. The molecule has 0 atom stereocenters. The average molecular weight is 375 g/mol. The van der Waals surface area contributed by atoms with Crippen LogP contribution in [0, 0.1) is 0 Å². The number of benzene rings is 1. The summed E-state index contributed by atoms with van der Waals surface area (Å²) in [6.45, 7) is 0.312. The largest absolute Gasteiger partial charge is 0.490 e. The van der Waals surface area contributed by atoms with Gasteiger partial charge in [-0.25, -0.2) is 0 Å². The number of halogens is 3. The van der Waals surface area contributed by atoms with Gasteiger partial charge in [-0.3, -0.25) is 0 Å². The highest BCUT2D eigenvalue weighted by Crippen LogP contribution is 2.37. The van der Waals surface area contributed by atoms with Crippen molar-refractivity contribution in [3.05, 3.63) is 25.6 Å². The fourth-order valence-corrected chi connectivity index (χ4v) is 2.16. The predicted molar refractivity (Wildman–Crippen MR) is 62.1 cm³/mol. The van der Waals surface area contributed by atoms with Crippen LogP contribution in [0.4, 0.5) is 0 Å². The maximum absolute atomic E-state index is 8.58. The van der Waals surface area contributed by atoms with Crippen molar-refractivity contribution in [2.45, 2.75) is 0 Å². The Morgan fingerprint density at radius 3 is 2.46 bits per heavy atom. The first-order valence-electron chi connectivity index (χ1n) is 3.54. The van der Waals surface area contributed by atoms with Gasteiger partial charge in [-0.05, 0) is 59.9 Å². The van der Waals surface area contributed by atoms with E-state index in [1.54, 1.807) is 0 Å². The van der Waals surface area contributed by atoms with Crippen LogP contribution in [-0.2, 0) is 0 Å². The Labute approximate surface area is 102 Å². The highest BCUT2D eigenvalue weighted by atomic mass is 79.9. The molecule has 1 N–H and O–H groups in total. The number of aliphatic hydroxyl groups excluding tert-OH is 1. The maximum Gasteiger partial charge on any atom is 0.134 e. The third-order valence-electron chi connectivity index (χ3n) is 1.35. The van der Waals surface area contributed by atoms with E-state index in [-0.39, 0.29) is 6.61 Å². The third kappa shape index (κ3) is 2.94. The van der Waals surface area contributed by atoms with Gasteiger partial charge in [-0.2, -0.15) is 0 Å². The van der Waals surface area contributed by atoms with Crippen LogP contribution in [0.3, 0.4) is 0 Å². The van der Waals surface area contributed by atoms with Crippen LogP contribution in [0.15, 0.2) is 25.6 Å². The molecule has 0 unspecified atom stereocenters. The minimum absolute atomic E-state index is 0.0140. The van der Waals surface area contributed by atoms with Gasteiger partial charge >= 0.3 is 0 Å². The van der Waals surface area contributed by atoms with E-state index in [0.29, 0.717) is 12.4 Å². The van der Waals surface area contributed by atoms with Crippen molar-refractivity contribution in [3.8, 4) is 5.75 Å². The molecule has 0 aromatic heterocycles. The standard InChI is InChI=1S/C8H7Br3O2/c9-5-1-2-6(13-4-3-12)8(11)7(5)10/h1-2,12H,3-4H2. The Morgan fingerprint density at radius 2 is 1.85 bits per heavy atom. The molecule has 0 heterocycles. The minimum atomic E-state index is 0.0140. The zero-order chi connectivity index (χ0) is 9.84. The summed E-state index contributed by atoms with van der Waals surface area (Å²) < 4.78 is 7.98. The summed E-state index contributed by atoms with van der Waals surface area (Å²) in [5.74, 6) is 0.712. The Balaban J connectivity index is 2.90. The van der Waals surface area contributed by atoms with Gasteiger partial charge < -0.3 is 9.84 Å². The van der Waals surface area contributed by atoms with Gasteiger partial charge in [0.25, 0.3) is 0 Å². The maximum atomic E-state index is 8.58. The summed E-state index contributed by atoms with van der Waals surface area (Å²) in [6, 6.07) is 3.70. The van der Waals surface area contributed by atoms with Gasteiger partial charge in [-0.1, -0.05) is 0 Å². The number of hydrogen-bond donors (Lipinski definition) is 1. The summed E-state index contributed by atoms with van der Waals surface area (Å²) in [5, 5.41) is 8.58. The number of hydrogen-bond acceptors (Lipinski definition) is 2. The van der Waals surface area contributed by atoms with E-state index in [0.717, 1.165) is 13.4 Å². The van der Waals surface area contributed by atoms with Gasteiger partial charge in [0.15, 0.2) is 0 Å². The lowest BCUT2D eigenvalue weighted by atomic mass is 10.3. The Morgan fingerprint density at radius 1 is 1.15 bits per heavy atom. The lowest BCUT2D eigenvalue weighted by Gasteiger charge is -2.08. The first kappa shape index (κ1) is 11.5. The quantitative estimate of drug-likeness (QED) is 0.822. The molecule has 0 bridgehead atoms. The Hall–Kier alpha value is 0.420. The molecule has 0 spiro atoms. The van der Waals surface area contributed by atoms with E-state index in [2.05, 4.69) is 47.8 Å². The smallest absolute Gasteiger partial charge is 0.134 e. The van der Waals surface area contributed by atoms with E-state index in [1.165, 1.54) is 0 Å². The van der Waals surface area contributed by atoms with E-state index in [9.17, 15) is 0 Å². The van der Waals surface area contributed by atoms with Crippen molar-refractivity contribution in [1.29, 1.82) is 0 Å². The van der Waals surface area contributed by atoms with Crippen molar-refractivity contribution < 1.29 is 9.84 Å². The molecule has 0 aliphatic heterocycles. The molecular weight excluding hydrogens is 368 g/mol. The second-order valence-electron chi connectivity index (χ2n) is 2.25. The summed E-state index contributed by atoms with van der Waals surface area (Å²) in [7, 11) is 0. The molecule has 5 heteroatoms. The van der Waals surface area contributed by atoms with Gasteiger partial charge in [0.1, 0.15) is 12.4 Å². The van der Waals surface area contributed by atoms with Crippen LogP contribution < -0.4 is 4.74 Å². The highest BCUT2D eigenvalue weighted by molar-refractivity contribution is 9.14. The van der Waals surface area contributed by atoms with E-state index >= 15 is 0 Å². The Kier molecular flexibility index (Phi) is 4.72. The van der Waals surface area contributed by atoms with Crippen LogP contribution in [0.2, 0.25) is 0 Å². The van der Waals surface area contributed by atoms with Gasteiger partial charge in [0, 0.05) is 8.95 Å². The summed E-state index contributed by atoms with van der Waals surface area (Å²) in [4.78, 5) is 0. The molecule has 2 nitrogen and oxygen atoms in total.